The van der Waals surface area contributed by atoms with E-state index < -0.39 is 10.0 Å². The molecule has 0 aliphatic carbocycles. The molecule has 0 unspecified atom stereocenters. The number of sulfonamides is 1. The second-order valence-electron chi connectivity index (χ2n) is 5.80. The first kappa shape index (κ1) is 23.9. The van der Waals surface area contributed by atoms with Crippen LogP contribution in [0.3, 0.4) is 0 Å². The van der Waals surface area contributed by atoms with Crippen LogP contribution >= 0.6 is 35.3 Å². The Bertz CT molecular complexity index is 1160. The second-order valence-corrected chi connectivity index (χ2v) is 10.4. The molecule has 1 aromatic carbocycles. The van der Waals surface area contributed by atoms with Crippen molar-refractivity contribution in [3.8, 4) is 11.9 Å². The molecule has 170 valence electrons. The molecular formula is C17H19N7O4S4. The topological polar surface area (TPSA) is 140 Å². The van der Waals surface area contributed by atoms with Gasteiger partial charge in [0.05, 0.1) is 19.1 Å². The summed E-state index contributed by atoms with van der Waals surface area (Å²) in [6.45, 7) is 2.03. The quantitative estimate of drug-likeness (QED) is 0.286. The van der Waals surface area contributed by atoms with E-state index in [2.05, 4.69) is 35.5 Å². The van der Waals surface area contributed by atoms with Gasteiger partial charge in [-0.1, -0.05) is 30.0 Å². The number of hydrogen-bond acceptors (Lipinski definition) is 11. The Hall–Kier alpha value is -2.75. The van der Waals surface area contributed by atoms with Crippen LogP contribution < -0.4 is 24.8 Å². The van der Waals surface area contributed by atoms with E-state index in [9.17, 15) is 8.42 Å². The van der Waals surface area contributed by atoms with Crippen LogP contribution in [-0.4, -0.2) is 53.7 Å². The van der Waals surface area contributed by atoms with Gasteiger partial charge in [0.25, 0.3) is 10.0 Å². The molecule has 0 saturated carbocycles. The molecule has 0 spiro atoms. The van der Waals surface area contributed by atoms with Crippen molar-refractivity contribution in [2.45, 2.75) is 16.2 Å². The monoisotopic (exact) mass is 513 g/mol. The average Bonchev–Trinajstić information content (AvgIpc) is 3.20. The summed E-state index contributed by atoms with van der Waals surface area (Å²) < 4.78 is 38.6. The van der Waals surface area contributed by atoms with Crippen molar-refractivity contribution in [1.82, 2.24) is 20.2 Å². The zero-order valence-corrected chi connectivity index (χ0v) is 20.4. The van der Waals surface area contributed by atoms with Gasteiger partial charge in [-0.25, -0.2) is 8.42 Å². The van der Waals surface area contributed by atoms with Crippen molar-refractivity contribution in [3.63, 3.8) is 0 Å². The van der Waals surface area contributed by atoms with Gasteiger partial charge in [0.15, 0.2) is 15.3 Å². The van der Waals surface area contributed by atoms with Gasteiger partial charge in [-0.15, -0.1) is 10.2 Å². The molecule has 32 heavy (non-hydrogen) atoms. The molecule has 0 amide bonds. The number of methoxy groups -OCH3 is 2. The zero-order chi connectivity index (χ0) is 23.1. The number of rotatable bonds is 9. The number of aromatic nitrogens is 4. The van der Waals surface area contributed by atoms with Gasteiger partial charge in [0, 0.05) is 11.8 Å². The van der Waals surface area contributed by atoms with Crippen LogP contribution in [0, 0.1) is 0 Å². The van der Waals surface area contributed by atoms with Gasteiger partial charge < -0.3 is 20.1 Å². The first-order valence-electron chi connectivity index (χ1n) is 8.97. The van der Waals surface area contributed by atoms with Crippen LogP contribution in [0.15, 0.2) is 39.6 Å². The van der Waals surface area contributed by atoms with E-state index in [0.29, 0.717) is 15.9 Å². The molecule has 0 fully saturated rings. The minimum absolute atomic E-state index is 0.0129. The SMILES string of the molecule is CCSc1nnc(NC(=S)Nc2ccc(S(=O)(=O)Nc3cc(OC)nc(OC)n3)cc2)s1. The predicted octanol–water partition coefficient (Wildman–Crippen LogP) is 3.07. The minimum Gasteiger partial charge on any atom is -0.481 e. The molecule has 3 aromatic rings. The molecule has 3 rings (SSSR count). The van der Waals surface area contributed by atoms with Gasteiger partial charge in [0.2, 0.25) is 11.0 Å². The van der Waals surface area contributed by atoms with Crippen molar-refractivity contribution in [1.29, 1.82) is 0 Å². The molecule has 0 atom stereocenters. The third-order valence-electron chi connectivity index (χ3n) is 3.63. The summed E-state index contributed by atoms with van der Waals surface area (Å²) >= 11 is 8.26. The molecule has 11 nitrogen and oxygen atoms in total. The summed E-state index contributed by atoms with van der Waals surface area (Å²) in [4.78, 5) is 7.93. The fourth-order valence-corrected chi connectivity index (χ4v) is 5.19. The maximum atomic E-state index is 12.7. The Labute approximate surface area is 198 Å². The fraction of sp³-hybridized carbons (Fsp3) is 0.235. The molecule has 0 radical (unpaired) electrons. The largest absolute Gasteiger partial charge is 0.481 e. The van der Waals surface area contributed by atoms with E-state index in [1.807, 2.05) is 6.92 Å². The number of anilines is 3. The number of ether oxygens (including phenoxy) is 2. The Morgan fingerprint density at radius 1 is 1.12 bits per heavy atom. The van der Waals surface area contributed by atoms with E-state index in [0.717, 1.165) is 10.1 Å². The lowest BCUT2D eigenvalue weighted by Crippen LogP contribution is -2.19. The molecular weight excluding hydrogens is 495 g/mol. The summed E-state index contributed by atoms with van der Waals surface area (Å²) in [5.41, 5.74) is 0.597. The van der Waals surface area contributed by atoms with Gasteiger partial charge >= 0.3 is 6.01 Å². The molecule has 0 saturated heterocycles. The molecule has 0 aliphatic heterocycles. The Balaban J connectivity index is 1.65. The first-order valence-corrected chi connectivity index (χ1v) is 12.7. The van der Waals surface area contributed by atoms with Crippen molar-refractivity contribution in [2.75, 3.05) is 35.3 Å². The lowest BCUT2D eigenvalue weighted by atomic mass is 10.3. The highest BCUT2D eigenvalue weighted by Gasteiger charge is 2.17. The van der Waals surface area contributed by atoms with E-state index in [1.165, 1.54) is 43.8 Å². The molecule has 2 heterocycles. The lowest BCUT2D eigenvalue weighted by Gasteiger charge is -2.11. The Morgan fingerprint density at radius 2 is 1.88 bits per heavy atom. The van der Waals surface area contributed by atoms with E-state index in [1.54, 1.807) is 23.9 Å². The van der Waals surface area contributed by atoms with E-state index >= 15 is 0 Å². The standard InChI is InChI=1S/C17H19N7O4S4/c1-4-30-17-23-22-16(31-17)21-15(29)18-10-5-7-11(8-6-10)32(25,26)24-12-9-13(27-2)20-14(19-12)28-3/h5-9H,4H2,1-3H3,(H,19,20,24)(H2,18,21,22,29). The number of hydrogen-bond donors (Lipinski definition) is 3. The van der Waals surface area contributed by atoms with Crippen LogP contribution in [0.25, 0.3) is 0 Å². The summed E-state index contributed by atoms with van der Waals surface area (Å²) in [5, 5.41) is 14.9. The maximum Gasteiger partial charge on any atom is 0.321 e. The van der Waals surface area contributed by atoms with Crippen molar-refractivity contribution >= 4 is 67.1 Å². The number of nitrogens with one attached hydrogen (secondary N) is 3. The number of benzene rings is 1. The smallest absolute Gasteiger partial charge is 0.321 e. The van der Waals surface area contributed by atoms with E-state index in [-0.39, 0.29) is 22.6 Å². The van der Waals surface area contributed by atoms with E-state index in [4.69, 9.17) is 21.7 Å². The van der Waals surface area contributed by atoms with Crippen LogP contribution in [-0.2, 0) is 10.0 Å². The highest BCUT2D eigenvalue weighted by molar-refractivity contribution is 8.01. The normalized spacial score (nSPS) is 11.0. The fourth-order valence-electron chi connectivity index (χ4n) is 2.27. The summed E-state index contributed by atoms with van der Waals surface area (Å²) in [5.74, 6) is 1.07. The number of thioether (sulfide) groups is 1. The van der Waals surface area contributed by atoms with Crippen molar-refractivity contribution in [2.24, 2.45) is 0 Å². The Kier molecular flexibility index (Phi) is 8.00. The molecule has 2 aromatic heterocycles. The summed E-state index contributed by atoms with van der Waals surface area (Å²) in [6.07, 6.45) is 0. The molecule has 0 bridgehead atoms. The minimum atomic E-state index is -3.91. The highest BCUT2D eigenvalue weighted by atomic mass is 32.2. The molecule has 0 aliphatic rings. The maximum absolute atomic E-state index is 12.7. The van der Waals surface area contributed by atoms with Gasteiger partial charge in [-0.05, 0) is 42.2 Å². The van der Waals surface area contributed by atoms with Gasteiger partial charge in [-0.3, -0.25) is 4.72 Å². The highest BCUT2D eigenvalue weighted by Crippen LogP contribution is 2.25. The van der Waals surface area contributed by atoms with Gasteiger partial charge in [-0.2, -0.15) is 9.97 Å². The Morgan fingerprint density at radius 3 is 2.53 bits per heavy atom. The van der Waals surface area contributed by atoms with Gasteiger partial charge in [0.1, 0.15) is 0 Å². The second kappa shape index (κ2) is 10.7. The zero-order valence-electron chi connectivity index (χ0n) is 17.1. The molecule has 3 N–H and O–H groups in total. The van der Waals surface area contributed by atoms with Crippen LogP contribution in [0.5, 0.6) is 11.9 Å². The third-order valence-corrected chi connectivity index (χ3v) is 7.06. The third kappa shape index (κ3) is 6.38. The summed E-state index contributed by atoms with van der Waals surface area (Å²) in [7, 11) is -1.14. The van der Waals surface area contributed by atoms with Crippen LogP contribution in [0.1, 0.15) is 6.92 Å². The predicted molar refractivity (Wildman–Crippen MR) is 129 cm³/mol. The van der Waals surface area contributed by atoms with Crippen molar-refractivity contribution < 1.29 is 17.9 Å². The first-order chi connectivity index (χ1) is 15.3. The average molecular weight is 514 g/mol. The van der Waals surface area contributed by atoms with Crippen LogP contribution in [0.4, 0.5) is 16.6 Å². The van der Waals surface area contributed by atoms with Crippen LogP contribution in [0.2, 0.25) is 0 Å². The number of nitrogens with zero attached hydrogens (tertiary/aromatic N) is 4. The summed E-state index contributed by atoms with van der Waals surface area (Å²) in [6, 6.07) is 7.36. The number of thiocarbonyl (C=S) groups is 1. The van der Waals surface area contributed by atoms with Crippen molar-refractivity contribution in [3.05, 3.63) is 30.3 Å². The lowest BCUT2D eigenvalue weighted by molar-refractivity contribution is 0.353. The molecule has 15 heteroatoms.